The first-order valence-electron chi connectivity index (χ1n) is 5.70. The molecule has 0 bridgehead atoms. The van der Waals surface area contributed by atoms with Crippen molar-refractivity contribution < 1.29 is 4.39 Å². The number of rotatable bonds is 3. The highest BCUT2D eigenvalue weighted by atomic mass is 32.2. The maximum absolute atomic E-state index is 13.2. The lowest BCUT2D eigenvalue weighted by Gasteiger charge is -2.18. The second-order valence-electron chi connectivity index (χ2n) is 4.39. The van der Waals surface area contributed by atoms with Gasteiger partial charge in [0.05, 0.1) is 6.07 Å². The van der Waals surface area contributed by atoms with Crippen LogP contribution in [-0.2, 0) is 0 Å². The minimum Gasteiger partial charge on any atom is -0.369 e. The van der Waals surface area contributed by atoms with Crippen LogP contribution in [0.3, 0.4) is 0 Å². The molecule has 0 spiro atoms. The molecule has 0 saturated carbocycles. The molecule has 1 aliphatic rings. The fourth-order valence-corrected chi connectivity index (χ4v) is 3.37. The van der Waals surface area contributed by atoms with Crippen LogP contribution >= 0.6 is 11.8 Å². The van der Waals surface area contributed by atoms with E-state index in [0.29, 0.717) is 11.6 Å². The van der Waals surface area contributed by atoms with E-state index in [-0.39, 0.29) is 11.9 Å². The lowest BCUT2D eigenvalue weighted by Crippen LogP contribution is -2.27. The van der Waals surface area contributed by atoms with Crippen molar-refractivity contribution in [2.75, 3.05) is 16.8 Å². The molecule has 1 fully saturated rings. The normalized spacial score (nSPS) is 20.9. The Hall–Kier alpha value is -1.21. The molecule has 0 aliphatic carbocycles. The van der Waals surface area contributed by atoms with Crippen LogP contribution in [0.25, 0.3) is 0 Å². The van der Waals surface area contributed by atoms with E-state index in [4.69, 9.17) is 0 Å². The van der Waals surface area contributed by atoms with Crippen molar-refractivity contribution in [3.8, 4) is 6.07 Å². The van der Waals surface area contributed by atoms with Gasteiger partial charge in [-0.1, -0.05) is 0 Å². The van der Waals surface area contributed by atoms with Crippen molar-refractivity contribution in [2.24, 2.45) is 5.92 Å². The molecule has 0 amide bonds. The predicted octanol–water partition coefficient (Wildman–Crippen LogP) is 3.19. The molecule has 2 rings (SSSR count). The van der Waals surface area contributed by atoms with Crippen LogP contribution in [0.4, 0.5) is 10.1 Å². The number of thioether (sulfide) groups is 1. The summed E-state index contributed by atoms with van der Waals surface area (Å²) in [6.07, 6.45) is 1.06. The number of benzene rings is 1. The molecule has 1 aliphatic heterocycles. The van der Waals surface area contributed by atoms with Crippen LogP contribution in [0.15, 0.2) is 18.2 Å². The topological polar surface area (TPSA) is 35.8 Å². The highest BCUT2D eigenvalue weighted by molar-refractivity contribution is 7.99. The van der Waals surface area contributed by atoms with E-state index in [1.807, 2.05) is 24.8 Å². The number of halogens is 1. The third-order valence-electron chi connectivity index (χ3n) is 2.94. The van der Waals surface area contributed by atoms with Gasteiger partial charge in [-0.2, -0.15) is 17.0 Å². The maximum atomic E-state index is 13.2. The SMILES string of the molecule is Cc1cc(F)cc(NC(C#N)C2CCSC2)c1. The van der Waals surface area contributed by atoms with E-state index in [1.54, 1.807) is 0 Å². The van der Waals surface area contributed by atoms with Gasteiger partial charge in [0, 0.05) is 11.6 Å². The van der Waals surface area contributed by atoms with Crippen LogP contribution in [0.2, 0.25) is 0 Å². The molecule has 1 N–H and O–H groups in total. The first-order chi connectivity index (χ1) is 8.19. The Bertz CT molecular complexity index is 415. The highest BCUT2D eigenvalue weighted by Crippen LogP contribution is 2.28. The van der Waals surface area contributed by atoms with Crippen molar-refractivity contribution in [1.29, 1.82) is 5.26 Å². The molecular weight excluding hydrogens is 235 g/mol. The Balaban J connectivity index is 2.10. The zero-order chi connectivity index (χ0) is 12.3. The van der Waals surface area contributed by atoms with Crippen LogP contribution in [0.5, 0.6) is 0 Å². The molecule has 1 aromatic rings. The van der Waals surface area contributed by atoms with Gasteiger partial charge in [0.2, 0.25) is 0 Å². The number of hydrogen-bond acceptors (Lipinski definition) is 3. The molecule has 1 heterocycles. The smallest absolute Gasteiger partial charge is 0.125 e. The molecule has 2 atom stereocenters. The molecule has 1 aromatic carbocycles. The number of nitriles is 1. The third-order valence-corrected chi connectivity index (χ3v) is 4.13. The number of aryl methyl sites for hydroxylation is 1. The van der Waals surface area contributed by atoms with Crippen LogP contribution in [0.1, 0.15) is 12.0 Å². The summed E-state index contributed by atoms with van der Waals surface area (Å²) in [4.78, 5) is 0. The van der Waals surface area contributed by atoms with E-state index >= 15 is 0 Å². The van der Waals surface area contributed by atoms with Gasteiger partial charge in [0.15, 0.2) is 0 Å². The fourth-order valence-electron chi connectivity index (χ4n) is 2.07. The zero-order valence-corrected chi connectivity index (χ0v) is 10.6. The molecule has 0 aromatic heterocycles. The summed E-state index contributed by atoms with van der Waals surface area (Å²) >= 11 is 1.88. The summed E-state index contributed by atoms with van der Waals surface area (Å²) in [6.45, 7) is 1.85. The minimum atomic E-state index is -0.259. The Morgan fingerprint density at radius 3 is 2.94 bits per heavy atom. The van der Waals surface area contributed by atoms with Gasteiger partial charge in [-0.05, 0) is 48.6 Å². The lowest BCUT2D eigenvalue weighted by atomic mass is 10.00. The molecule has 4 heteroatoms. The summed E-state index contributed by atoms with van der Waals surface area (Å²) in [7, 11) is 0. The van der Waals surface area contributed by atoms with Gasteiger partial charge >= 0.3 is 0 Å². The van der Waals surface area contributed by atoms with Gasteiger partial charge in [0.25, 0.3) is 0 Å². The monoisotopic (exact) mass is 250 g/mol. The van der Waals surface area contributed by atoms with Crippen LogP contribution < -0.4 is 5.32 Å². The zero-order valence-electron chi connectivity index (χ0n) is 9.74. The molecule has 90 valence electrons. The van der Waals surface area contributed by atoms with Gasteiger partial charge in [0.1, 0.15) is 11.9 Å². The molecular formula is C13H15FN2S. The molecule has 17 heavy (non-hydrogen) atoms. The third kappa shape index (κ3) is 3.13. The number of anilines is 1. The largest absolute Gasteiger partial charge is 0.369 e. The van der Waals surface area contributed by atoms with Crippen LogP contribution in [-0.4, -0.2) is 17.5 Å². The van der Waals surface area contributed by atoms with Gasteiger partial charge in [-0.25, -0.2) is 4.39 Å². The van der Waals surface area contributed by atoms with Gasteiger partial charge < -0.3 is 5.32 Å². The van der Waals surface area contributed by atoms with E-state index in [0.717, 1.165) is 23.5 Å². The number of nitrogens with zero attached hydrogens (tertiary/aromatic N) is 1. The van der Waals surface area contributed by atoms with Crippen molar-refractivity contribution in [2.45, 2.75) is 19.4 Å². The summed E-state index contributed by atoms with van der Waals surface area (Å²) in [5.74, 6) is 2.24. The second-order valence-corrected chi connectivity index (χ2v) is 5.54. The average molecular weight is 250 g/mol. The van der Waals surface area contributed by atoms with E-state index < -0.39 is 0 Å². The Kier molecular flexibility index (Phi) is 3.90. The minimum absolute atomic E-state index is 0.216. The van der Waals surface area contributed by atoms with Gasteiger partial charge in [-0.3, -0.25) is 0 Å². The van der Waals surface area contributed by atoms with E-state index in [1.165, 1.54) is 12.1 Å². The van der Waals surface area contributed by atoms with Crippen molar-refractivity contribution >= 4 is 17.4 Å². The Labute approximate surface area is 105 Å². The molecule has 2 unspecified atom stereocenters. The van der Waals surface area contributed by atoms with Crippen molar-refractivity contribution in [1.82, 2.24) is 0 Å². The second kappa shape index (κ2) is 5.42. The molecule has 0 radical (unpaired) electrons. The Morgan fingerprint density at radius 1 is 1.53 bits per heavy atom. The molecule has 2 nitrogen and oxygen atoms in total. The average Bonchev–Trinajstić information content (AvgIpc) is 2.77. The quantitative estimate of drug-likeness (QED) is 0.895. The predicted molar refractivity (Wildman–Crippen MR) is 69.6 cm³/mol. The Morgan fingerprint density at radius 2 is 2.35 bits per heavy atom. The van der Waals surface area contributed by atoms with E-state index in [2.05, 4.69) is 11.4 Å². The van der Waals surface area contributed by atoms with E-state index in [9.17, 15) is 9.65 Å². The summed E-state index contributed by atoms with van der Waals surface area (Å²) in [5, 5.41) is 12.3. The first kappa shape index (κ1) is 12.3. The highest BCUT2D eigenvalue weighted by Gasteiger charge is 2.25. The summed E-state index contributed by atoms with van der Waals surface area (Å²) < 4.78 is 13.2. The van der Waals surface area contributed by atoms with Crippen molar-refractivity contribution in [3.63, 3.8) is 0 Å². The fraction of sp³-hybridized carbons (Fsp3) is 0.462. The van der Waals surface area contributed by atoms with Gasteiger partial charge in [-0.15, -0.1) is 0 Å². The lowest BCUT2D eigenvalue weighted by molar-refractivity contribution is 0.564. The number of nitrogens with one attached hydrogen (secondary N) is 1. The first-order valence-corrected chi connectivity index (χ1v) is 6.85. The van der Waals surface area contributed by atoms with Crippen molar-refractivity contribution in [3.05, 3.63) is 29.6 Å². The van der Waals surface area contributed by atoms with Crippen LogP contribution in [0, 0.1) is 30.0 Å². The molecule has 1 saturated heterocycles. The summed E-state index contributed by atoms with van der Waals surface area (Å²) in [5.41, 5.74) is 1.57. The number of hydrogen-bond donors (Lipinski definition) is 1. The maximum Gasteiger partial charge on any atom is 0.125 e. The standard InChI is InChI=1S/C13H15FN2S/c1-9-4-11(14)6-12(5-9)16-13(7-15)10-2-3-17-8-10/h4-6,10,13,16H,2-3,8H2,1H3. The summed E-state index contributed by atoms with van der Waals surface area (Å²) in [6, 6.07) is 6.87.